The molecular weight excluding hydrogens is 216 g/mol. The normalized spacial score (nSPS) is 33.9. The predicted octanol–water partition coefficient (Wildman–Crippen LogP) is 5.69. The van der Waals surface area contributed by atoms with Crippen molar-refractivity contribution in [2.24, 2.45) is 35.0 Å². The van der Waals surface area contributed by atoms with E-state index in [-0.39, 0.29) is 0 Å². The Labute approximate surface area is 114 Å². The summed E-state index contributed by atoms with van der Waals surface area (Å²) in [4.78, 5) is 0. The molecule has 0 heteroatoms. The third-order valence-electron chi connectivity index (χ3n) is 5.93. The highest BCUT2D eigenvalue weighted by Crippen LogP contribution is 2.58. The summed E-state index contributed by atoms with van der Waals surface area (Å²) in [6.07, 6.45) is 10.7. The average Bonchev–Trinajstić information content (AvgIpc) is 2.26. The van der Waals surface area contributed by atoms with Gasteiger partial charge in [-0.3, -0.25) is 0 Å². The minimum Gasteiger partial charge on any atom is -0.103 e. The first-order chi connectivity index (χ1) is 8.43. The van der Waals surface area contributed by atoms with E-state index in [1.807, 2.05) is 0 Å². The zero-order valence-electron chi connectivity index (χ0n) is 12.9. The lowest BCUT2D eigenvalue weighted by molar-refractivity contribution is -0.0625. The van der Waals surface area contributed by atoms with Gasteiger partial charge in [0.2, 0.25) is 0 Å². The van der Waals surface area contributed by atoms with Crippen molar-refractivity contribution in [2.75, 3.05) is 0 Å². The van der Waals surface area contributed by atoms with Gasteiger partial charge < -0.3 is 0 Å². The molecule has 0 nitrogen and oxygen atoms in total. The van der Waals surface area contributed by atoms with Gasteiger partial charge in [0.15, 0.2) is 0 Å². The number of hydrogen-bond donors (Lipinski definition) is 0. The van der Waals surface area contributed by atoms with E-state index in [2.05, 4.69) is 40.3 Å². The van der Waals surface area contributed by atoms with E-state index in [4.69, 9.17) is 0 Å². The van der Waals surface area contributed by atoms with Crippen molar-refractivity contribution in [1.29, 1.82) is 0 Å². The molecule has 0 saturated heterocycles. The van der Waals surface area contributed by atoms with Crippen LogP contribution in [0.5, 0.6) is 0 Å². The molecule has 0 heterocycles. The molecule has 0 N–H and O–H groups in total. The van der Waals surface area contributed by atoms with Gasteiger partial charge in [-0.1, -0.05) is 33.8 Å². The van der Waals surface area contributed by atoms with Gasteiger partial charge in [-0.2, -0.15) is 0 Å². The Morgan fingerprint density at radius 1 is 1.28 bits per heavy atom. The van der Waals surface area contributed by atoms with Crippen LogP contribution in [0.3, 0.4) is 0 Å². The highest BCUT2D eigenvalue weighted by Gasteiger charge is 2.49. The molecule has 104 valence electrons. The van der Waals surface area contributed by atoms with Crippen LogP contribution < -0.4 is 0 Å². The van der Waals surface area contributed by atoms with Crippen LogP contribution in [0.1, 0.15) is 66.2 Å². The van der Waals surface area contributed by atoms with Crippen molar-refractivity contribution in [1.82, 2.24) is 0 Å². The number of rotatable bonds is 6. The molecule has 2 fully saturated rings. The van der Waals surface area contributed by atoms with E-state index in [9.17, 15) is 0 Å². The standard InChI is InChI=1S/C18H32/c1-6-7-8-15(18(3,4)5)11-13(2)17-12-14-9-10-16(14)17/h6,13-17H,1,7-12H2,2-5H3. The molecule has 0 bridgehead atoms. The summed E-state index contributed by atoms with van der Waals surface area (Å²) in [5.41, 5.74) is 0.458. The van der Waals surface area contributed by atoms with Crippen LogP contribution in [-0.2, 0) is 0 Å². The first-order valence-electron chi connectivity index (χ1n) is 8.04. The van der Waals surface area contributed by atoms with Crippen LogP contribution >= 0.6 is 0 Å². The van der Waals surface area contributed by atoms with Crippen LogP contribution in [0, 0.1) is 35.0 Å². The van der Waals surface area contributed by atoms with E-state index >= 15 is 0 Å². The Hall–Kier alpha value is -0.260. The highest BCUT2D eigenvalue weighted by atomic mass is 14.5. The van der Waals surface area contributed by atoms with E-state index in [1.165, 1.54) is 32.1 Å². The number of hydrogen-bond acceptors (Lipinski definition) is 0. The topological polar surface area (TPSA) is 0 Å². The molecule has 2 aliphatic carbocycles. The summed E-state index contributed by atoms with van der Waals surface area (Å²) in [6.45, 7) is 13.7. The fraction of sp³-hybridized carbons (Fsp3) is 0.889. The summed E-state index contributed by atoms with van der Waals surface area (Å²) in [5, 5.41) is 0. The lowest BCUT2D eigenvalue weighted by atomic mass is 9.49. The summed E-state index contributed by atoms with van der Waals surface area (Å²) in [7, 11) is 0. The van der Waals surface area contributed by atoms with Gasteiger partial charge in [0.05, 0.1) is 0 Å². The SMILES string of the molecule is C=CCCC(CC(C)C1CC2CCC21)C(C)(C)C. The quantitative estimate of drug-likeness (QED) is 0.530. The Kier molecular flexibility index (Phi) is 4.24. The molecular formula is C18H32. The van der Waals surface area contributed by atoms with Crippen molar-refractivity contribution in [2.45, 2.75) is 66.2 Å². The minimum absolute atomic E-state index is 0.458. The molecule has 0 aromatic rings. The van der Waals surface area contributed by atoms with Crippen LogP contribution in [0.2, 0.25) is 0 Å². The molecule has 0 aliphatic heterocycles. The summed E-state index contributed by atoms with van der Waals surface area (Å²) < 4.78 is 0. The molecule has 18 heavy (non-hydrogen) atoms. The molecule has 0 amide bonds. The van der Waals surface area contributed by atoms with E-state index < -0.39 is 0 Å². The number of allylic oxidation sites excluding steroid dienone is 1. The lowest BCUT2D eigenvalue weighted by Gasteiger charge is -2.56. The lowest BCUT2D eigenvalue weighted by Crippen LogP contribution is -2.47. The predicted molar refractivity (Wildman–Crippen MR) is 80.5 cm³/mol. The second kappa shape index (κ2) is 5.39. The number of fused-ring (bicyclic) bond motifs is 1. The zero-order chi connectivity index (χ0) is 13.3. The van der Waals surface area contributed by atoms with Gasteiger partial charge in [-0.25, -0.2) is 0 Å². The van der Waals surface area contributed by atoms with Crippen LogP contribution in [0.4, 0.5) is 0 Å². The minimum atomic E-state index is 0.458. The van der Waals surface area contributed by atoms with Gasteiger partial charge in [0, 0.05) is 0 Å². The third kappa shape index (κ3) is 2.83. The van der Waals surface area contributed by atoms with Crippen LogP contribution in [0.15, 0.2) is 12.7 Å². The summed E-state index contributed by atoms with van der Waals surface area (Å²) >= 11 is 0. The first kappa shape index (κ1) is 14.2. The third-order valence-corrected chi connectivity index (χ3v) is 5.93. The van der Waals surface area contributed by atoms with Crippen molar-refractivity contribution in [3.63, 3.8) is 0 Å². The van der Waals surface area contributed by atoms with Gasteiger partial charge in [-0.05, 0) is 73.5 Å². The van der Waals surface area contributed by atoms with E-state index in [0.29, 0.717) is 5.41 Å². The Morgan fingerprint density at radius 3 is 2.39 bits per heavy atom. The van der Waals surface area contributed by atoms with Crippen LogP contribution in [-0.4, -0.2) is 0 Å². The maximum Gasteiger partial charge on any atom is -0.0351 e. The summed E-state index contributed by atoms with van der Waals surface area (Å²) in [6, 6.07) is 0. The Bertz CT molecular complexity index is 283. The molecule has 5 atom stereocenters. The second-order valence-corrected chi connectivity index (χ2v) is 8.04. The van der Waals surface area contributed by atoms with Gasteiger partial charge in [0.25, 0.3) is 0 Å². The molecule has 2 aliphatic rings. The van der Waals surface area contributed by atoms with Crippen LogP contribution in [0.25, 0.3) is 0 Å². The monoisotopic (exact) mass is 248 g/mol. The molecule has 2 saturated carbocycles. The Balaban J connectivity index is 1.85. The van der Waals surface area contributed by atoms with Crippen molar-refractivity contribution in [3.05, 3.63) is 12.7 Å². The molecule has 2 rings (SSSR count). The van der Waals surface area contributed by atoms with Gasteiger partial charge >= 0.3 is 0 Å². The zero-order valence-corrected chi connectivity index (χ0v) is 12.9. The molecule has 0 aromatic heterocycles. The maximum absolute atomic E-state index is 3.89. The smallest absolute Gasteiger partial charge is 0.0351 e. The summed E-state index contributed by atoms with van der Waals surface area (Å²) in [5.74, 6) is 5.14. The fourth-order valence-corrected chi connectivity index (χ4v) is 4.28. The van der Waals surface area contributed by atoms with Gasteiger partial charge in [0.1, 0.15) is 0 Å². The Morgan fingerprint density at radius 2 is 2.00 bits per heavy atom. The van der Waals surface area contributed by atoms with Crippen molar-refractivity contribution < 1.29 is 0 Å². The molecule has 0 radical (unpaired) electrons. The average molecular weight is 248 g/mol. The van der Waals surface area contributed by atoms with E-state index in [1.54, 1.807) is 6.42 Å². The second-order valence-electron chi connectivity index (χ2n) is 8.04. The van der Waals surface area contributed by atoms with Crippen molar-refractivity contribution >= 4 is 0 Å². The fourth-order valence-electron chi connectivity index (χ4n) is 4.28. The highest BCUT2D eigenvalue weighted by molar-refractivity contribution is 4.98. The maximum atomic E-state index is 3.89. The molecule has 5 unspecified atom stereocenters. The van der Waals surface area contributed by atoms with Crippen molar-refractivity contribution in [3.8, 4) is 0 Å². The largest absolute Gasteiger partial charge is 0.103 e. The van der Waals surface area contributed by atoms with Gasteiger partial charge in [-0.15, -0.1) is 6.58 Å². The molecule has 0 spiro atoms. The molecule has 0 aromatic carbocycles. The first-order valence-corrected chi connectivity index (χ1v) is 8.04. The van der Waals surface area contributed by atoms with E-state index in [0.717, 1.165) is 29.6 Å².